The van der Waals surface area contributed by atoms with Crippen LogP contribution in [0.4, 0.5) is 5.69 Å². The van der Waals surface area contributed by atoms with E-state index in [0.717, 1.165) is 10.6 Å². The molecule has 1 N–H and O–H groups in total. The normalized spacial score (nSPS) is 11.0. The highest BCUT2D eigenvalue weighted by Gasteiger charge is 2.20. The van der Waals surface area contributed by atoms with E-state index in [-0.39, 0.29) is 6.61 Å². The van der Waals surface area contributed by atoms with Crippen LogP contribution in [0.1, 0.15) is 12.5 Å². The highest BCUT2D eigenvalue weighted by atomic mass is 32.2. The first-order chi connectivity index (χ1) is 16.3. The van der Waals surface area contributed by atoms with Crippen molar-refractivity contribution in [1.82, 2.24) is 5.43 Å². The SMILES string of the molecule is C=CCOc1ccc(/C=N\NC(=O)CN(c2ccc(OCC)cc2)S(C)(=O)=O)c(OCC=C)c1. The Labute approximate surface area is 200 Å². The average molecular weight is 488 g/mol. The van der Waals surface area contributed by atoms with Crippen molar-refractivity contribution in [3.05, 3.63) is 73.3 Å². The maximum Gasteiger partial charge on any atom is 0.260 e. The van der Waals surface area contributed by atoms with Gasteiger partial charge in [0.1, 0.15) is 37.0 Å². The number of hydrogen-bond donors (Lipinski definition) is 1. The van der Waals surface area contributed by atoms with Gasteiger partial charge in [0.25, 0.3) is 5.91 Å². The molecular weight excluding hydrogens is 458 g/mol. The first-order valence-corrected chi connectivity index (χ1v) is 12.3. The third-order valence-corrected chi connectivity index (χ3v) is 5.37. The summed E-state index contributed by atoms with van der Waals surface area (Å²) in [5, 5.41) is 3.94. The molecule has 2 aromatic rings. The van der Waals surface area contributed by atoms with Crippen LogP contribution in [0.25, 0.3) is 0 Å². The number of amides is 1. The summed E-state index contributed by atoms with van der Waals surface area (Å²) in [6.45, 7) is 9.74. The Kier molecular flexibility index (Phi) is 10.2. The summed E-state index contributed by atoms with van der Waals surface area (Å²) < 4.78 is 42.0. The van der Waals surface area contributed by atoms with Gasteiger partial charge in [0, 0.05) is 11.6 Å². The predicted molar refractivity (Wildman–Crippen MR) is 133 cm³/mol. The van der Waals surface area contributed by atoms with E-state index in [2.05, 4.69) is 23.7 Å². The minimum atomic E-state index is -3.72. The van der Waals surface area contributed by atoms with Crippen molar-refractivity contribution in [1.29, 1.82) is 0 Å². The number of sulfonamides is 1. The topological polar surface area (TPSA) is 107 Å². The number of hydrogen-bond acceptors (Lipinski definition) is 7. The summed E-state index contributed by atoms with van der Waals surface area (Å²) in [5.74, 6) is 1.05. The molecule has 0 aromatic heterocycles. The predicted octanol–water partition coefficient (Wildman–Crippen LogP) is 3.13. The zero-order valence-corrected chi connectivity index (χ0v) is 20.1. The van der Waals surface area contributed by atoms with E-state index in [1.54, 1.807) is 54.6 Å². The molecule has 0 unspecified atom stereocenters. The second kappa shape index (κ2) is 13.0. The maximum atomic E-state index is 12.4. The van der Waals surface area contributed by atoms with Crippen molar-refractivity contribution in [3.8, 4) is 17.2 Å². The highest BCUT2D eigenvalue weighted by Crippen LogP contribution is 2.24. The lowest BCUT2D eigenvalue weighted by Crippen LogP contribution is -2.39. The molecule has 0 aliphatic carbocycles. The third kappa shape index (κ3) is 8.28. The number of carbonyl (C=O) groups is 1. The average Bonchev–Trinajstić information content (AvgIpc) is 2.81. The van der Waals surface area contributed by atoms with Crippen LogP contribution in [-0.4, -0.2) is 53.2 Å². The molecule has 182 valence electrons. The monoisotopic (exact) mass is 487 g/mol. The van der Waals surface area contributed by atoms with Crippen molar-refractivity contribution < 1.29 is 27.4 Å². The lowest BCUT2D eigenvalue weighted by atomic mass is 10.2. The summed E-state index contributed by atoms with van der Waals surface area (Å²) in [6, 6.07) is 11.6. The van der Waals surface area contributed by atoms with Crippen LogP contribution in [0.2, 0.25) is 0 Å². The van der Waals surface area contributed by atoms with Crippen LogP contribution in [0.15, 0.2) is 72.9 Å². The third-order valence-electron chi connectivity index (χ3n) is 4.23. The molecule has 0 spiro atoms. The summed E-state index contributed by atoms with van der Waals surface area (Å²) in [4.78, 5) is 12.4. The van der Waals surface area contributed by atoms with Gasteiger partial charge in [-0.1, -0.05) is 25.3 Å². The van der Waals surface area contributed by atoms with E-state index >= 15 is 0 Å². The summed E-state index contributed by atoms with van der Waals surface area (Å²) in [7, 11) is -3.72. The molecule has 0 heterocycles. The first-order valence-electron chi connectivity index (χ1n) is 10.4. The fraction of sp³-hybridized carbons (Fsp3) is 0.250. The van der Waals surface area contributed by atoms with Gasteiger partial charge in [-0.3, -0.25) is 9.10 Å². The van der Waals surface area contributed by atoms with Gasteiger partial charge in [-0.15, -0.1) is 0 Å². The number of rotatable bonds is 14. The fourth-order valence-corrected chi connectivity index (χ4v) is 3.61. The quantitative estimate of drug-likeness (QED) is 0.249. The number of nitrogens with one attached hydrogen (secondary N) is 1. The maximum absolute atomic E-state index is 12.4. The van der Waals surface area contributed by atoms with E-state index in [1.807, 2.05) is 6.92 Å². The van der Waals surface area contributed by atoms with Gasteiger partial charge in [0.2, 0.25) is 10.0 Å². The Balaban J connectivity index is 2.11. The molecule has 0 bridgehead atoms. The van der Waals surface area contributed by atoms with Gasteiger partial charge in [-0.05, 0) is 43.3 Å². The van der Waals surface area contributed by atoms with Crippen molar-refractivity contribution in [2.24, 2.45) is 5.10 Å². The van der Waals surface area contributed by atoms with Gasteiger partial charge < -0.3 is 14.2 Å². The Morgan fingerprint density at radius 2 is 1.68 bits per heavy atom. The molecule has 0 saturated heterocycles. The molecule has 9 nitrogen and oxygen atoms in total. The van der Waals surface area contributed by atoms with Crippen LogP contribution >= 0.6 is 0 Å². The van der Waals surface area contributed by atoms with Gasteiger partial charge in [0.15, 0.2) is 0 Å². The number of hydrazone groups is 1. The number of carbonyl (C=O) groups excluding carboxylic acids is 1. The summed E-state index contributed by atoms with van der Waals surface area (Å²) in [6.07, 6.45) is 5.65. The van der Waals surface area contributed by atoms with Crippen LogP contribution in [-0.2, 0) is 14.8 Å². The van der Waals surface area contributed by atoms with Gasteiger partial charge in [-0.2, -0.15) is 5.10 Å². The minimum absolute atomic E-state index is 0.267. The number of ether oxygens (including phenoxy) is 3. The van der Waals surface area contributed by atoms with Gasteiger partial charge in [-0.25, -0.2) is 13.8 Å². The van der Waals surface area contributed by atoms with Crippen molar-refractivity contribution in [2.75, 3.05) is 36.9 Å². The largest absolute Gasteiger partial charge is 0.494 e. The molecule has 2 rings (SSSR count). The molecule has 2 aromatic carbocycles. The lowest BCUT2D eigenvalue weighted by molar-refractivity contribution is -0.119. The highest BCUT2D eigenvalue weighted by molar-refractivity contribution is 7.92. The molecule has 0 saturated carbocycles. The fourth-order valence-electron chi connectivity index (χ4n) is 2.75. The molecule has 34 heavy (non-hydrogen) atoms. The Morgan fingerprint density at radius 1 is 1.03 bits per heavy atom. The second-order valence-electron chi connectivity index (χ2n) is 6.89. The molecule has 1 amide bonds. The van der Waals surface area contributed by atoms with Crippen LogP contribution in [0.5, 0.6) is 17.2 Å². The zero-order valence-electron chi connectivity index (χ0n) is 19.3. The molecule has 0 radical (unpaired) electrons. The second-order valence-corrected chi connectivity index (χ2v) is 8.80. The standard InChI is InChI=1S/C24H29N3O6S/c1-5-14-32-22-11-8-19(23(16-22)33-15-6-2)17-25-26-24(28)18-27(34(4,29)30)20-9-12-21(13-10-20)31-7-3/h5-6,8-13,16-17H,1-2,7,14-15,18H2,3-4H3,(H,26,28)/b25-17-. The van der Waals surface area contributed by atoms with E-state index in [0.29, 0.717) is 41.7 Å². The Hall–Kier alpha value is -3.79. The smallest absolute Gasteiger partial charge is 0.260 e. The van der Waals surface area contributed by atoms with Crippen LogP contribution < -0.4 is 23.9 Å². The van der Waals surface area contributed by atoms with E-state index < -0.39 is 22.5 Å². The zero-order chi connectivity index (χ0) is 25.0. The van der Waals surface area contributed by atoms with Crippen LogP contribution in [0, 0.1) is 0 Å². The Morgan fingerprint density at radius 3 is 2.29 bits per heavy atom. The minimum Gasteiger partial charge on any atom is -0.494 e. The number of anilines is 1. The number of nitrogens with zero attached hydrogens (tertiary/aromatic N) is 2. The lowest BCUT2D eigenvalue weighted by Gasteiger charge is -2.21. The van der Waals surface area contributed by atoms with Crippen LogP contribution in [0.3, 0.4) is 0 Å². The van der Waals surface area contributed by atoms with E-state index in [9.17, 15) is 13.2 Å². The molecular formula is C24H29N3O6S. The summed E-state index contributed by atoms with van der Waals surface area (Å²) >= 11 is 0. The molecule has 0 fully saturated rings. The molecule has 0 aliphatic rings. The molecule has 0 atom stereocenters. The first kappa shape index (κ1) is 26.5. The van der Waals surface area contributed by atoms with E-state index in [4.69, 9.17) is 14.2 Å². The molecule has 0 aliphatic heterocycles. The van der Waals surface area contributed by atoms with Crippen molar-refractivity contribution in [2.45, 2.75) is 6.92 Å². The van der Waals surface area contributed by atoms with E-state index in [1.165, 1.54) is 6.21 Å². The van der Waals surface area contributed by atoms with Crippen molar-refractivity contribution in [3.63, 3.8) is 0 Å². The number of benzene rings is 2. The Bertz CT molecular complexity index is 1110. The molecule has 10 heteroatoms. The van der Waals surface area contributed by atoms with Gasteiger partial charge >= 0.3 is 0 Å². The van der Waals surface area contributed by atoms with Crippen molar-refractivity contribution >= 4 is 27.8 Å². The summed E-state index contributed by atoms with van der Waals surface area (Å²) in [5.41, 5.74) is 3.26. The van der Waals surface area contributed by atoms with Gasteiger partial charge in [0.05, 0.1) is 24.8 Å².